The van der Waals surface area contributed by atoms with Crippen molar-refractivity contribution >= 4 is 12.9 Å². The molecule has 4 heteroatoms. The lowest BCUT2D eigenvalue weighted by molar-refractivity contribution is 0.414. The Morgan fingerprint density at radius 2 is 2.27 bits per heavy atom. The Morgan fingerprint density at radius 1 is 1.55 bits per heavy atom. The Bertz CT molecular complexity index is 252. The summed E-state index contributed by atoms with van der Waals surface area (Å²) in [5, 5.41) is 8.71. The second-order valence-corrected chi connectivity index (χ2v) is 2.08. The maximum Gasteiger partial charge on any atom is 0.312 e. The van der Waals surface area contributed by atoms with Gasteiger partial charge in [0.25, 0.3) is 0 Å². The summed E-state index contributed by atoms with van der Waals surface area (Å²) in [5.41, 5.74) is 0.204. The molecular weight excluding hydrogens is 146 g/mol. The predicted octanol–water partition coefficient (Wildman–Crippen LogP) is -0.197. The van der Waals surface area contributed by atoms with Crippen LogP contribution in [0.5, 0.6) is 5.75 Å². The molecule has 0 atom stereocenters. The van der Waals surface area contributed by atoms with Gasteiger partial charge in [-0.25, -0.2) is 4.39 Å². The van der Waals surface area contributed by atoms with Crippen LogP contribution in [0.1, 0.15) is 0 Å². The topological polar surface area (TPSA) is 29.5 Å². The summed E-state index contributed by atoms with van der Waals surface area (Å²) in [4.78, 5) is 0. The van der Waals surface area contributed by atoms with E-state index in [1.807, 2.05) is 0 Å². The molecule has 0 aliphatic rings. The van der Waals surface area contributed by atoms with E-state index in [0.29, 0.717) is 5.75 Å². The summed E-state index contributed by atoms with van der Waals surface area (Å²) in [5.74, 6) is -0.0562. The normalized spacial score (nSPS) is 9.36. The van der Waals surface area contributed by atoms with Crippen molar-refractivity contribution in [3.05, 3.63) is 24.0 Å². The van der Waals surface area contributed by atoms with Crippen molar-refractivity contribution in [2.24, 2.45) is 0 Å². The Balaban J connectivity index is 3.13. The van der Waals surface area contributed by atoms with Crippen LogP contribution in [-0.4, -0.2) is 19.6 Å². The molecule has 0 bridgehead atoms. The van der Waals surface area contributed by atoms with Gasteiger partial charge < -0.3 is 9.76 Å². The second kappa shape index (κ2) is 3.39. The van der Waals surface area contributed by atoms with Gasteiger partial charge in [-0.05, 0) is 12.1 Å². The largest absolute Gasteiger partial charge is 0.497 e. The fraction of sp³-hybridized carbons (Fsp3) is 0.143. The monoisotopic (exact) mass is 154 g/mol. The van der Waals surface area contributed by atoms with Crippen molar-refractivity contribution in [3.63, 3.8) is 0 Å². The third-order valence-corrected chi connectivity index (χ3v) is 1.45. The summed E-state index contributed by atoms with van der Waals surface area (Å²) in [7, 11) is 1.10. The third kappa shape index (κ3) is 1.52. The first-order chi connectivity index (χ1) is 5.29. The van der Waals surface area contributed by atoms with Gasteiger partial charge in [-0.1, -0.05) is 6.07 Å². The van der Waals surface area contributed by atoms with E-state index in [9.17, 15) is 4.39 Å². The lowest BCUT2D eigenvalue weighted by Crippen LogP contribution is -2.20. The first-order valence-corrected chi connectivity index (χ1v) is 3.22. The molecule has 0 aliphatic carbocycles. The van der Waals surface area contributed by atoms with E-state index in [4.69, 9.17) is 9.76 Å². The van der Waals surface area contributed by atoms with Crippen LogP contribution in [0.2, 0.25) is 0 Å². The average Bonchev–Trinajstić information content (AvgIpc) is 2.04. The first kappa shape index (κ1) is 8.08. The summed E-state index contributed by atoms with van der Waals surface area (Å²) in [6.45, 7) is 0. The molecule has 0 radical (unpaired) electrons. The number of halogens is 1. The fourth-order valence-electron chi connectivity index (χ4n) is 0.884. The molecule has 0 unspecified atom stereocenters. The van der Waals surface area contributed by atoms with Gasteiger partial charge in [0.1, 0.15) is 11.6 Å². The molecule has 58 valence electrons. The Hall–Kier alpha value is -1.03. The van der Waals surface area contributed by atoms with E-state index >= 15 is 0 Å². The zero-order valence-corrected chi connectivity index (χ0v) is 6.17. The molecule has 1 N–H and O–H groups in total. The molecule has 11 heavy (non-hydrogen) atoms. The van der Waals surface area contributed by atoms with E-state index in [1.54, 1.807) is 6.07 Å². The van der Waals surface area contributed by atoms with Crippen molar-refractivity contribution in [2.75, 3.05) is 7.11 Å². The maximum atomic E-state index is 12.8. The first-order valence-electron chi connectivity index (χ1n) is 3.22. The second-order valence-electron chi connectivity index (χ2n) is 2.08. The van der Waals surface area contributed by atoms with Crippen molar-refractivity contribution in [2.45, 2.75) is 0 Å². The molecule has 0 fully saturated rings. The van der Waals surface area contributed by atoms with E-state index in [0.717, 1.165) is 0 Å². The fourth-order valence-corrected chi connectivity index (χ4v) is 0.884. The minimum atomic E-state index is -0.438. The van der Waals surface area contributed by atoms with Gasteiger partial charge in [0.2, 0.25) is 0 Å². The molecule has 1 rings (SSSR count). The smallest absolute Gasteiger partial charge is 0.312 e. The van der Waals surface area contributed by atoms with Crippen LogP contribution in [0.4, 0.5) is 4.39 Å². The highest BCUT2D eigenvalue weighted by Gasteiger charge is 2.07. The Morgan fingerprint density at radius 3 is 2.73 bits per heavy atom. The zero-order valence-electron chi connectivity index (χ0n) is 6.17. The molecule has 0 aromatic heterocycles. The number of ether oxygens (including phenoxy) is 1. The molecule has 0 saturated heterocycles. The molecule has 0 saturated carbocycles. The summed E-state index contributed by atoms with van der Waals surface area (Å²) >= 11 is 0. The molecule has 2 nitrogen and oxygen atoms in total. The molecular formula is C7H8BFO2. The van der Waals surface area contributed by atoms with Crippen molar-refractivity contribution in [3.8, 4) is 5.75 Å². The quantitative estimate of drug-likeness (QED) is 0.598. The van der Waals surface area contributed by atoms with E-state index in [1.165, 1.54) is 19.2 Å². The number of hydrogen-bond donors (Lipinski definition) is 1. The van der Waals surface area contributed by atoms with E-state index < -0.39 is 5.82 Å². The lowest BCUT2D eigenvalue weighted by atomic mass is 9.87. The number of rotatable bonds is 2. The van der Waals surface area contributed by atoms with Gasteiger partial charge in [0.05, 0.1) is 7.11 Å². The van der Waals surface area contributed by atoms with Crippen LogP contribution in [0.15, 0.2) is 18.2 Å². The Kier molecular flexibility index (Phi) is 2.49. The highest BCUT2D eigenvalue weighted by atomic mass is 19.1. The van der Waals surface area contributed by atoms with Crippen molar-refractivity contribution in [1.29, 1.82) is 0 Å². The molecule has 1 aromatic rings. The van der Waals surface area contributed by atoms with Gasteiger partial charge in [0.15, 0.2) is 0 Å². The maximum absolute atomic E-state index is 12.8. The van der Waals surface area contributed by atoms with Gasteiger partial charge in [-0.2, -0.15) is 0 Å². The molecule has 0 amide bonds. The van der Waals surface area contributed by atoms with Crippen molar-refractivity contribution < 1.29 is 14.2 Å². The number of methoxy groups -OCH3 is 1. The van der Waals surface area contributed by atoms with Crippen LogP contribution in [0.3, 0.4) is 0 Å². The van der Waals surface area contributed by atoms with Gasteiger partial charge >= 0.3 is 7.48 Å². The van der Waals surface area contributed by atoms with Gasteiger partial charge in [-0.15, -0.1) is 0 Å². The predicted molar refractivity (Wildman–Crippen MR) is 42.0 cm³/mol. The molecule has 1 aromatic carbocycles. The minimum Gasteiger partial charge on any atom is -0.497 e. The standard InChI is InChI=1S/C7H8BFO2/c1-11-6-4-2-3-5(9)7(6)8-10/h2-4,8,10H,1H3. The zero-order chi connectivity index (χ0) is 8.27. The van der Waals surface area contributed by atoms with Crippen LogP contribution in [0.25, 0.3) is 0 Å². The number of hydrogen-bond acceptors (Lipinski definition) is 2. The summed E-state index contributed by atoms with van der Waals surface area (Å²) in [6.07, 6.45) is 0. The minimum absolute atomic E-state index is 0.204. The van der Waals surface area contributed by atoms with Gasteiger partial charge in [0, 0.05) is 5.46 Å². The molecule has 0 heterocycles. The van der Waals surface area contributed by atoms with Crippen LogP contribution < -0.4 is 10.2 Å². The SMILES string of the molecule is COc1cccc(F)c1BO. The van der Waals surface area contributed by atoms with Crippen molar-refractivity contribution in [1.82, 2.24) is 0 Å². The lowest BCUT2D eigenvalue weighted by Gasteiger charge is -2.04. The summed E-state index contributed by atoms with van der Waals surface area (Å²) < 4.78 is 17.6. The van der Waals surface area contributed by atoms with Crippen LogP contribution >= 0.6 is 0 Å². The van der Waals surface area contributed by atoms with Crippen LogP contribution in [-0.2, 0) is 0 Å². The third-order valence-electron chi connectivity index (χ3n) is 1.45. The van der Waals surface area contributed by atoms with Crippen LogP contribution in [0, 0.1) is 5.82 Å². The number of benzene rings is 1. The van der Waals surface area contributed by atoms with Gasteiger partial charge in [-0.3, -0.25) is 0 Å². The molecule has 0 aliphatic heterocycles. The highest BCUT2D eigenvalue weighted by Crippen LogP contribution is 2.07. The highest BCUT2D eigenvalue weighted by molar-refractivity contribution is 6.47. The van der Waals surface area contributed by atoms with E-state index in [-0.39, 0.29) is 12.9 Å². The van der Waals surface area contributed by atoms with E-state index in [2.05, 4.69) is 0 Å². The summed E-state index contributed by atoms with van der Waals surface area (Å²) in [6, 6.07) is 4.43. The Labute approximate surface area is 64.9 Å². The molecule has 0 spiro atoms. The average molecular weight is 154 g/mol.